The third kappa shape index (κ3) is 4.40. The number of nitrogens with zero attached hydrogens (tertiary/aromatic N) is 2. The molecule has 7 nitrogen and oxygen atoms in total. The van der Waals surface area contributed by atoms with Crippen LogP contribution in [-0.4, -0.2) is 34.1 Å². The molecule has 31 heavy (non-hydrogen) atoms. The van der Waals surface area contributed by atoms with Crippen molar-refractivity contribution in [1.82, 2.24) is 4.90 Å². The highest BCUT2D eigenvalue weighted by Crippen LogP contribution is 2.34. The van der Waals surface area contributed by atoms with Gasteiger partial charge in [0.2, 0.25) is 0 Å². The molecule has 3 aromatic rings. The molecular weight excluding hydrogens is 440 g/mol. The minimum atomic E-state index is -0.552. The number of fused-ring (bicyclic) bond motifs is 1. The molecule has 0 saturated carbocycles. The lowest BCUT2D eigenvalue weighted by Crippen LogP contribution is -2.32. The molecule has 1 saturated heterocycles. The van der Waals surface area contributed by atoms with E-state index in [2.05, 4.69) is 0 Å². The van der Waals surface area contributed by atoms with Crippen molar-refractivity contribution < 1.29 is 19.2 Å². The van der Waals surface area contributed by atoms with Gasteiger partial charge in [-0.2, -0.15) is 0 Å². The average Bonchev–Trinajstić information content (AvgIpc) is 3.02. The number of carbonyl (C=O) groups is 2. The number of thioether (sulfide) groups is 1. The van der Waals surface area contributed by atoms with Gasteiger partial charge < -0.3 is 4.74 Å². The first-order chi connectivity index (χ1) is 14.9. The zero-order chi connectivity index (χ0) is 22.0. The molecule has 0 atom stereocenters. The second-order valence-corrected chi connectivity index (χ2v) is 8.02. The fourth-order valence-corrected chi connectivity index (χ4v) is 4.19. The van der Waals surface area contributed by atoms with Gasteiger partial charge in [0.25, 0.3) is 16.8 Å². The summed E-state index contributed by atoms with van der Waals surface area (Å²) in [6, 6.07) is 17.4. The SMILES string of the molecule is O=C1S/C(=C\c2cc([N+](=O)[O-])ccc2Cl)C(=O)N1CCOc1cccc2ccccc12. The molecule has 2 amide bonds. The summed E-state index contributed by atoms with van der Waals surface area (Å²) in [6.45, 7) is 0.213. The number of imide groups is 1. The zero-order valence-electron chi connectivity index (χ0n) is 16.0. The van der Waals surface area contributed by atoms with Crippen molar-refractivity contribution >= 4 is 57.0 Å². The number of amides is 2. The molecule has 0 aromatic heterocycles. The number of ether oxygens (including phenoxy) is 1. The van der Waals surface area contributed by atoms with Crippen LogP contribution in [0.2, 0.25) is 5.02 Å². The van der Waals surface area contributed by atoms with Gasteiger partial charge in [0.05, 0.1) is 16.4 Å². The van der Waals surface area contributed by atoms with Crippen LogP contribution in [0, 0.1) is 10.1 Å². The highest BCUT2D eigenvalue weighted by atomic mass is 35.5. The molecule has 4 rings (SSSR count). The molecular formula is C22H15ClN2O5S. The lowest BCUT2D eigenvalue weighted by Gasteiger charge is -2.14. The number of hydrogen-bond acceptors (Lipinski definition) is 6. The maximum Gasteiger partial charge on any atom is 0.293 e. The molecule has 9 heteroatoms. The Hall–Kier alpha value is -3.36. The van der Waals surface area contributed by atoms with Crippen molar-refractivity contribution in [3.05, 3.63) is 86.3 Å². The first-order valence-electron chi connectivity index (χ1n) is 9.24. The molecule has 1 aliphatic heterocycles. The summed E-state index contributed by atoms with van der Waals surface area (Å²) >= 11 is 6.86. The van der Waals surface area contributed by atoms with E-state index >= 15 is 0 Å². The number of nitro groups is 1. The summed E-state index contributed by atoms with van der Waals surface area (Å²) in [7, 11) is 0. The Balaban J connectivity index is 1.47. The van der Waals surface area contributed by atoms with Gasteiger partial charge in [-0.25, -0.2) is 0 Å². The van der Waals surface area contributed by atoms with Gasteiger partial charge in [0.1, 0.15) is 12.4 Å². The van der Waals surface area contributed by atoms with Crippen molar-refractivity contribution in [1.29, 1.82) is 0 Å². The molecule has 0 aliphatic carbocycles. The van der Waals surface area contributed by atoms with E-state index in [0.717, 1.165) is 27.4 Å². The van der Waals surface area contributed by atoms with E-state index in [1.165, 1.54) is 24.3 Å². The van der Waals surface area contributed by atoms with E-state index in [0.29, 0.717) is 11.3 Å². The molecule has 0 spiro atoms. The number of halogens is 1. The summed E-state index contributed by atoms with van der Waals surface area (Å²) in [5.74, 6) is 0.183. The highest BCUT2D eigenvalue weighted by Gasteiger charge is 2.35. The Labute approximate surface area is 186 Å². The molecule has 156 valence electrons. The van der Waals surface area contributed by atoms with Crippen LogP contribution in [-0.2, 0) is 4.79 Å². The first kappa shape index (κ1) is 20.9. The van der Waals surface area contributed by atoms with Gasteiger partial charge in [-0.15, -0.1) is 0 Å². The van der Waals surface area contributed by atoms with Crippen molar-refractivity contribution in [2.75, 3.05) is 13.2 Å². The smallest absolute Gasteiger partial charge is 0.293 e. The fraction of sp³-hybridized carbons (Fsp3) is 0.0909. The third-order valence-electron chi connectivity index (χ3n) is 4.67. The summed E-state index contributed by atoms with van der Waals surface area (Å²) in [5.41, 5.74) is 0.145. The van der Waals surface area contributed by atoms with E-state index < -0.39 is 16.1 Å². The molecule has 0 N–H and O–H groups in total. The summed E-state index contributed by atoms with van der Waals surface area (Å²) in [4.78, 5) is 36.7. The van der Waals surface area contributed by atoms with Gasteiger partial charge >= 0.3 is 0 Å². The largest absolute Gasteiger partial charge is 0.491 e. The van der Waals surface area contributed by atoms with Crippen molar-refractivity contribution in [2.24, 2.45) is 0 Å². The maximum atomic E-state index is 12.7. The Morgan fingerprint density at radius 2 is 1.87 bits per heavy atom. The van der Waals surface area contributed by atoms with E-state index in [9.17, 15) is 19.7 Å². The maximum absolute atomic E-state index is 12.7. The first-order valence-corrected chi connectivity index (χ1v) is 10.4. The van der Waals surface area contributed by atoms with Gasteiger partial charge in [-0.1, -0.05) is 48.0 Å². The Morgan fingerprint density at radius 1 is 1.10 bits per heavy atom. The molecule has 3 aromatic carbocycles. The van der Waals surface area contributed by atoms with E-state index in [4.69, 9.17) is 16.3 Å². The monoisotopic (exact) mass is 454 g/mol. The topological polar surface area (TPSA) is 89.8 Å². The van der Waals surface area contributed by atoms with Gasteiger partial charge in [0, 0.05) is 28.1 Å². The number of nitro benzene ring substituents is 1. The van der Waals surface area contributed by atoms with Crippen molar-refractivity contribution in [3.8, 4) is 5.75 Å². The zero-order valence-corrected chi connectivity index (χ0v) is 17.6. The van der Waals surface area contributed by atoms with Crippen LogP contribution in [0.5, 0.6) is 5.75 Å². The lowest BCUT2D eigenvalue weighted by atomic mass is 10.1. The fourth-order valence-electron chi connectivity index (χ4n) is 3.16. The molecule has 1 fully saturated rings. The number of rotatable bonds is 6. The van der Waals surface area contributed by atoms with Crippen LogP contribution < -0.4 is 4.74 Å². The Morgan fingerprint density at radius 3 is 2.68 bits per heavy atom. The van der Waals surface area contributed by atoms with Crippen molar-refractivity contribution in [3.63, 3.8) is 0 Å². The molecule has 0 bridgehead atoms. The average molecular weight is 455 g/mol. The summed E-state index contributed by atoms with van der Waals surface area (Å²) < 4.78 is 5.82. The number of carbonyl (C=O) groups excluding carboxylic acids is 2. The van der Waals surface area contributed by atoms with Crippen LogP contribution in [0.3, 0.4) is 0 Å². The standard InChI is InChI=1S/C22H15ClN2O5S/c23-18-9-8-16(25(28)29)12-15(18)13-20-21(26)24(22(27)31-20)10-11-30-19-7-3-5-14-4-1-2-6-17(14)19/h1-9,12-13H,10-11H2/b20-13-. The van der Waals surface area contributed by atoms with Crippen LogP contribution in [0.1, 0.15) is 5.56 Å². The van der Waals surface area contributed by atoms with E-state index in [-0.39, 0.29) is 28.8 Å². The minimum absolute atomic E-state index is 0.0773. The second-order valence-electron chi connectivity index (χ2n) is 6.62. The van der Waals surface area contributed by atoms with Gasteiger partial charge in [-0.05, 0) is 35.4 Å². The van der Waals surface area contributed by atoms with Crippen molar-refractivity contribution in [2.45, 2.75) is 0 Å². The lowest BCUT2D eigenvalue weighted by molar-refractivity contribution is -0.384. The Kier molecular flexibility index (Phi) is 5.92. The van der Waals surface area contributed by atoms with Crippen LogP contribution >= 0.6 is 23.4 Å². The molecule has 1 aliphatic rings. The van der Waals surface area contributed by atoms with E-state index in [1.807, 2.05) is 42.5 Å². The van der Waals surface area contributed by atoms with E-state index in [1.54, 1.807) is 0 Å². The quantitative estimate of drug-likeness (QED) is 0.277. The molecule has 0 unspecified atom stereocenters. The summed E-state index contributed by atoms with van der Waals surface area (Å²) in [6.07, 6.45) is 1.39. The number of non-ortho nitro benzene ring substituents is 1. The van der Waals surface area contributed by atoms with Gasteiger partial charge in [-0.3, -0.25) is 24.6 Å². The molecule has 1 heterocycles. The third-order valence-corrected chi connectivity index (χ3v) is 5.92. The predicted octanol–water partition coefficient (Wildman–Crippen LogP) is 5.52. The van der Waals surface area contributed by atoms with Crippen LogP contribution in [0.4, 0.5) is 10.5 Å². The predicted molar refractivity (Wildman–Crippen MR) is 120 cm³/mol. The minimum Gasteiger partial charge on any atom is -0.491 e. The second kappa shape index (κ2) is 8.79. The number of benzene rings is 3. The van der Waals surface area contributed by atoms with Crippen LogP contribution in [0.15, 0.2) is 65.6 Å². The molecule has 0 radical (unpaired) electrons. The van der Waals surface area contributed by atoms with Crippen LogP contribution in [0.25, 0.3) is 16.8 Å². The number of hydrogen-bond donors (Lipinski definition) is 0. The van der Waals surface area contributed by atoms with Gasteiger partial charge in [0.15, 0.2) is 0 Å². The summed E-state index contributed by atoms with van der Waals surface area (Å²) in [5, 5.41) is 12.8. The normalized spacial score (nSPS) is 15.1. The Bertz CT molecular complexity index is 1240. The highest BCUT2D eigenvalue weighted by molar-refractivity contribution is 8.18.